The summed E-state index contributed by atoms with van der Waals surface area (Å²) in [5, 5.41) is 4.20. The topological polar surface area (TPSA) is 78.8 Å². The Hall–Kier alpha value is -2.25. The molecule has 1 aromatic rings. The minimum Gasteiger partial charge on any atom is -0.272 e. The van der Waals surface area contributed by atoms with Crippen LogP contribution in [-0.2, 0) is 14.8 Å². The molecule has 1 atom stereocenters. The fraction of sp³-hybridized carbons (Fsp3) is 0.400. The first kappa shape index (κ1) is 21.1. The lowest BCUT2D eigenvalue weighted by molar-refractivity contribution is -0.121. The van der Waals surface area contributed by atoms with Gasteiger partial charge in [-0.3, -0.25) is 4.79 Å². The summed E-state index contributed by atoms with van der Waals surface area (Å²) in [7, 11) is -2.34. The maximum absolute atomic E-state index is 12.5. The molecule has 0 aromatic heterocycles. The van der Waals surface area contributed by atoms with Crippen LogP contribution in [0.5, 0.6) is 0 Å². The number of carbonyl (C=O) groups is 1. The van der Waals surface area contributed by atoms with Crippen LogP contribution in [0.4, 0.5) is 0 Å². The molecule has 7 heteroatoms. The normalized spacial score (nSPS) is 19.1. The van der Waals surface area contributed by atoms with Gasteiger partial charge in [0.25, 0.3) is 5.91 Å². The number of amides is 1. The van der Waals surface area contributed by atoms with Crippen LogP contribution in [0.2, 0.25) is 0 Å². The van der Waals surface area contributed by atoms with Crippen LogP contribution in [0, 0.1) is 12.8 Å². The van der Waals surface area contributed by atoms with Crippen molar-refractivity contribution >= 4 is 21.6 Å². The number of rotatable bonds is 6. The molecule has 146 valence electrons. The van der Waals surface area contributed by atoms with Gasteiger partial charge in [-0.2, -0.15) is 9.41 Å². The molecule has 2 rings (SSSR count). The minimum absolute atomic E-state index is 0.157. The van der Waals surface area contributed by atoms with Crippen molar-refractivity contribution in [3.8, 4) is 0 Å². The van der Waals surface area contributed by atoms with Gasteiger partial charge in [-0.1, -0.05) is 35.9 Å². The van der Waals surface area contributed by atoms with Gasteiger partial charge in [0, 0.05) is 7.05 Å². The van der Waals surface area contributed by atoms with E-state index < -0.39 is 15.9 Å². The molecule has 0 bridgehead atoms. The Kier molecular flexibility index (Phi) is 6.73. The molecule has 1 N–H and O–H groups in total. The van der Waals surface area contributed by atoms with Gasteiger partial charge in [-0.05, 0) is 57.2 Å². The molecule has 0 heterocycles. The Labute approximate surface area is 161 Å². The maximum Gasteiger partial charge on any atom is 0.255 e. The van der Waals surface area contributed by atoms with Crippen LogP contribution in [0.15, 0.2) is 58.1 Å². The average molecular weight is 390 g/mol. The highest BCUT2D eigenvalue weighted by atomic mass is 32.2. The van der Waals surface area contributed by atoms with Crippen LogP contribution < -0.4 is 5.43 Å². The zero-order valence-corrected chi connectivity index (χ0v) is 17.1. The van der Waals surface area contributed by atoms with Crippen molar-refractivity contribution in [2.24, 2.45) is 11.0 Å². The Morgan fingerprint density at radius 1 is 1.30 bits per heavy atom. The van der Waals surface area contributed by atoms with Crippen molar-refractivity contribution in [3.05, 3.63) is 53.6 Å². The second kappa shape index (κ2) is 8.63. The zero-order chi connectivity index (χ0) is 20.2. The summed E-state index contributed by atoms with van der Waals surface area (Å²) in [5.41, 5.74) is 6.35. The van der Waals surface area contributed by atoms with Crippen molar-refractivity contribution in [2.75, 3.05) is 13.6 Å². The smallest absolute Gasteiger partial charge is 0.255 e. The van der Waals surface area contributed by atoms with Crippen molar-refractivity contribution in [2.45, 2.75) is 38.5 Å². The highest BCUT2D eigenvalue weighted by Gasteiger charge is 2.23. The highest BCUT2D eigenvalue weighted by Crippen LogP contribution is 2.26. The zero-order valence-electron chi connectivity index (χ0n) is 16.3. The Balaban J connectivity index is 2.02. The number of nitrogens with zero attached hydrogens (tertiary/aromatic N) is 2. The number of benzene rings is 1. The molecule has 1 aliphatic rings. The first-order valence-electron chi connectivity index (χ1n) is 8.82. The molecule has 0 spiro atoms. The molecule has 6 nitrogen and oxygen atoms in total. The number of hydrogen-bond donors (Lipinski definition) is 1. The van der Waals surface area contributed by atoms with E-state index in [-0.39, 0.29) is 11.4 Å². The van der Waals surface area contributed by atoms with E-state index >= 15 is 0 Å². The van der Waals surface area contributed by atoms with Crippen molar-refractivity contribution in [1.82, 2.24) is 9.73 Å². The lowest BCUT2D eigenvalue weighted by Crippen LogP contribution is -2.37. The van der Waals surface area contributed by atoms with Gasteiger partial charge in [0.15, 0.2) is 0 Å². The number of nitrogens with one attached hydrogen (secondary N) is 1. The van der Waals surface area contributed by atoms with Crippen LogP contribution in [-0.4, -0.2) is 37.9 Å². The third-order valence-electron chi connectivity index (χ3n) is 4.71. The predicted octanol–water partition coefficient (Wildman–Crippen LogP) is 3.02. The molecule has 0 unspecified atom stereocenters. The Morgan fingerprint density at radius 3 is 2.52 bits per heavy atom. The molecule has 0 saturated heterocycles. The second-order valence-corrected chi connectivity index (χ2v) is 9.08. The van der Waals surface area contributed by atoms with Crippen molar-refractivity contribution in [3.63, 3.8) is 0 Å². The van der Waals surface area contributed by atoms with Crippen molar-refractivity contribution < 1.29 is 13.2 Å². The number of hydrazone groups is 1. The molecule has 27 heavy (non-hydrogen) atoms. The predicted molar refractivity (Wildman–Crippen MR) is 108 cm³/mol. The van der Waals surface area contributed by atoms with Crippen LogP contribution in [0.25, 0.3) is 0 Å². The highest BCUT2D eigenvalue weighted by molar-refractivity contribution is 7.89. The van der Waals surface area contributed by atoms with Crippen molar-refractivity contribution in [1.29, 1.82) is 0 Å². The summed E-state index contributed by atoms with van der Waals surface area (Å²) >= 11 is 0. The molecular formula is C20H27N3O3S. The summed E-state index contributed by atoms with van der Waals surface area (Å²) in [6.45, 7) is 9.50. The Bertz CT molecular complexity index is 884. The van der Waals surface area contributed by atoms with E-state index in [1.165, 1.54) is 19.2 Å². The summed E-state index contributed by atoms with van der Waals surface area (Å²) in [4.78, 5) is 12.3. The van der Waals surface area contributed by atoms with Gasteiger partial charge in [0.05, 0.1) is 17.2 Å². The van der Waals surface area contributed by atoms with Gasteiger partial charge in [0.1, 0.15) is 0 Å². The molecular weight excluding hydrogens is 362 g/mol. The first-order chi connectivity index (χ1) is 12.6. The number of allylic oxidation sites excluding steroid dienone is 3. The second-order valence-electron chi connectivity index (χ2n) is 7.04. The summed E-state index contributed by atoms with van der Waals surface area (Å²) < 4.78 is 26.1. The van der Waals surface area contributed by atoms with Gasteiger partial charge in [-0.15, -0.1) is 0 Å². The van der Waals surface area contributed by atoms with E-state index in [0.717, 1.165) is 39.6 Å². The fourth-order valence-corrected chi connectivity index (χ4v) is 3.89. The largest absolute Gasteiger partial charge is 0.272 e. The summed E-state index contributed by atoms with van der Waals surface area (Å²) in [6.07, 6.45) is 3.73. The lowest BCUT2D eigenvalue weighted by atomic mass is 9.85. The standard InChI is InChI=1S/C20H27N3O3S/c1-14(2)17-9-8-16(4)19(12-17)21-22-20(24)13-23(5)27(25,26)18-10-6-15(3)7-11-18/h6-8,10-11,17H,1,9,12-13H2,2-5H3,(H,22,24)/b21-19-/t17-/m1/s1. The minimum atomic E-state index is -3.72. The number of carbonyl (C=O) groups excluding carboxylic acids is 1. The number of aryl methyl sites for hydroxylation is 1. The molecule has 0 radical (unpaired) electrons. The fourth-order valence-electron chi connectivity index (χ4n) is 2.77. The molecule has 1 aliphatic carbocycles. The molecule has 0 fully saturated rings. The van der Waals surface area contributed by atoms with E-state index in [4.69, 9.17) is 0 Å². The number of hydrogen-bond acceptors (Lipinski definition) is 4. The Morgan fingerprint density at radius 2 is 1.93 bits per heavy atom. The third-order valence-corrected chi connectivity index (χ3v) is 6.53. The van der Waals surface area contributed by atoms with E-state index in [9.17, 15) is 13.2 Å². The van der Waals surface area contributed by atoms with Crippen LogP contribution >= 0.6 is 0 Å². The van der Waals surface area contributed by atoms with E-state index in [1.807, 2.05) is 20.8 Å². The number of sulfonamides is 1. The quantitative estimate of drug-likeness (QED) is 0.600. The SMILES string of the molecule is C=C(C)[C@@H]1CC=C(C)/C(=N\NC(=O)CN(C)S(=O)(=O)c2ccc(C)cc2)C1. The summed E-state index contributed by atoms with van der Waals surface area (Å²) in [5.74, 6) is -0.167. The van der Waals surface area contributed by atoms with Crippen LogP contribution in [0.1, 0.15) is 32.3 Å². The molecule has 0 aliphatic heterocycles. The van der Waals surface area contributed by atoms with E-state index in [1.54, 1.807) is 12.1 Å². The molecule has 1 amide bonds. The number of likely N-dealkylation sites (N-methyl/N-ethyl adjacent to an activating group) is 1. The van der Waals surface area contributed by atoms with Gasteiger partial charge >= 0.3 is 0 Å². The van der Waals surface area contributed by atoms with E-state index in [2.05, 4.69) is 23.2 Å². The summed E-state index contributed by atoms with van der Waals surface area (Å²) in [6, 6.07) is 6.52. The lowest BCUT2D eigenvalue weighted by Gasteiger charge is -2.22. The van der Waals surface area contributed by atoms with Gasteiger partial charge < -0.3 is 0 Å². The maximum atomic E-state index is 12.5. The van der Waals surface area contributed by atoms with Gasteiger partial charge in [0.2, 0.25) is 10.0 Å². The third kappa shape index (κ3) is 5.37. The molecule has 1 aromatic carbocycles. The first-order valence-corrected chi connectivity index (χ1v) is 10.3. The van der Waals surface area contributed by atoms with Crippen LogP contribution in [0.3, 0.4) is 0 Å². The average Bonchev–Trinajstić information content (AvgIpc) is 2.61. The van der Waals surface area contributed by atoms with Gasteiger partial charge in [-0.25, -0.2) is 13.8 Å². The van der Waals surface area contributed by atoms with E-state index in [0.29, 0.717) is 5.92 Å². The monoisotopic (exact) mass is 389 g/mol. The molecule has 0 saturated carbocycles.